The first-order valence-electron chi connectivity index (χ1n) is 12.6. The van der Waals surface area contributed by atoms with Crippen molar-refractivity contribution < 1.29 is 9.59 Å². The molecular weight excluding hydrogens is 516 g/mol. The summed E-state index contributed by atoms with van der Waals surface area (Å²) in [6.45, 7) is 5.88. The highest BCUT2D eigenvalue weighted by Gasteiger charge is 2.30. The van der Waals surface area contributed by atoms with Gasteiger partial charge in [0.2, 0.25) is 0 Å². The fourth-order valence-corrected chi connectivity index (χ4v) is 7.74. The smallest absolute Gasteiger partial charge is 0.277 e. The fourth-order valence-electron chi connectivity index (χ4n) is 5.62. The van der Waals surface area contributed by atoms with E-state index in [-0.39, 0.29) is 12.1 Å². The highest BCUT2D eigenvalue weighted by atomic mass is 32.1. The van der Waals surface area contributed by atoms with E-state index in [9.17, 15) is 9.59 Å². The molecule has 6 N–H and O–H groups in total. The van der Waals surface area contributed by atoms with Gasteiger partial charge in [0, 0.05) is 35.7 Å². The number of fused-ring (bicyclic) bond motifs is 2. The SMILES string of the molecule is Cc1c(-c2cccc(C3NCCc4nc(C(N)=O)sc43)c2C)cccc1C1NCCc2nc(C(N)=O)sc21. The molecule has 4 heterocycles. The zero-order valence-corrected chi connectivity index (χ0v) is 22.8. The minimum absolute atomic E-state index is 0.0419. The minimum atomic E-state index is -0.482. The third-order valence-electron chi connectivity index (χ3n) is 7.49. The van der Waals surface area contributed by atoms with Gasteiger partial charge in [0.05, 0.1) is 23.5 Å². The Balaban J connectivity index is 1.41. The van der Waals surface area contributed by atoms with Crippen molar-refractivity contribution in [3.8, 4) is 11.1 Å². The summed E-state index contributed by atoms with van der Waals surface area (Å²) in [7, 11) is 0. The lowest BCUT2D eigenvalue weighted by molar-refractivity contribution is 0.0991. The van der Waals surface area contributed by atoms with Gasteiger partial charge in [0.1, 0.15) is 0 Å². The molecule has 0 saturated carbocycles. The maximum Gasteiger partial charge on any atom is 0.277 e. The summed E-state index contributed by atoms with van der Waals surface area (Å²) in [4.78, 5) is 34.7. The monoisotopic (exact) mass is 544 g/mol. The lowest BCUT2D eigenvalue weighted by Crippen LogP contribution is -2.30. The van der Waals surface area contributed by atoms with Crippen LogP contribution in [0, 0.1) is 13.8 Å². The Bertz CT molecular complexity index is 1470. The number of benzene rings is 2. The Labute approximate surface area is 228 Å². The molecule has 4 aromatic rings. The van der Waals surface area contributed by atoms with Gasteiger partial charge in [-0.05, 0) is 47.2 Å². The number of hydrogen-bond donors (Lipinski definition) is 4. The molecule has 10 heteroatoms. The van der Waals surface area contributed by atoms with Gasteiger partial charge in [0.25, 0.3) is 11.8 Å². The number of primary amides is 2. The van der Waals surface area contributed by atoms with Gasteiger partial charge in [-0.3, -0.25) is 9.59 Å². The molecule has 2 atom stereocenters. The van der Waals surface area contributed by atoms with Crippen molar-refractivity contribution in [1.82, 2.24) is 20.6 Å². The molecule has 8 nitrogen and oxygen atoms in total. The van der Waals surface area contributed by atoms with E-state index in [1.165, 1.54) is 44.9 Å². The van der Waals surface area contributed by atoms with E-state index in [4.69, 9.17) is 11.5 Å². The van der Waals surface area contributed by atoms with Crippen molar-refractivity contribution in [2.75, 3.05) is 13.1 Å². The van der Waals surface area contributed by atoms with Crippen LogP contribution in [-0.4, -0.2) is 34.9 Å². The first kappa shape index (κ1) is 24.9. The Morgan fingerprint density at radius 2 is 1.18 bits per heavy atom. The van der Waals surface area contributed by atoms with Crippen LogP contribution >= 0.6 is 22.7 Å². The molecule has 2 aromatic heterocycles. The van der Waals surface area contributed by atoms with E-state index >= 15 is 0 Å². The van der Waals surface area contributed by atoms with Crippen LogP contribution in [0.5, 0.6) is 0 Å². The number of nitrogens with two attached hydrogens (primary N) is 2. The van der Waals surface area contributed by atoms with Crippen LogP contribution in [0.15, 0.2) is 36.4 Å². The summed E-state index contributed by atoms with van der Waals surface area (Å²) in [5.74, 6) is -0.964. The minimum Gasteiger partial charge on any atom is -0.364 e. The number of carbonyl (C=O) groups excluding carboxylic acids is 2. The van der Waals surface area contributed by atoms with Gasteiger partial charge in [-0.1, -0.05) is 36.4 Å². The number of thiazole rings is 2. The standard InChI is InChI=1S/C28H28N6O2S2/c1-13-15(5-3-7-17(13)21-23-19(9-11-31-21)33-27(37-23)25(29)35)16-6-4-8-18(14(16)2)22-24-20(10-12-32-22)34-28(38-24)26(30)36/h3-8,21-22,31-32H,9-12H2,1-2H3,(H2,29,35)(H2,30,36). The average Bonchev–Trinajstić information content (AvgIpc) is 3.54. The number of nitrogens with zero attached hydrogens (tertiary/aromatic N) is 2. The second-order valence-corrected chi connectivity index (χ2v) is 11.8. The number of nitrogens with one attached hydrogen (secondary N) is 2. The molecule has 0 aliphatic carbocycles. The van der Waals surface area contributed by atoms with Crippen LogP contribution < -0.4 is 22.1 Å². The maximum absolute atomic E-state index is 11.8. The predicted octanol–water partition coefficient (Wildman–Crippen LogP) is 3.55. The summed E-state index contributed by atoms with van der Waals surface area (Å²) in [5.41, 5.74) is 20.0. The Kier molecular flexibility index (Phi) is 6.35. The van der Waals surface area contributed by atoms with Gasteiger partial charge in [-0.2, -0.15) is 0 Å². The molecule has 2 aliphatic heterocycles. The van der Waals surface area contributed by atoms with E-state index in [1.54, 1.807) is 0 Å². The van der Waals surface area contributed by atoms with Crippen LogP contribution in [0.3, 0.4) is 0 Å². The lowest BCUT2D eigenvalue weighted by Gasteiger charge is -2.27. The number of amides is 2. The fraction of sp³-hybridized carbons (Fsp3) is 0.286. The summed E-state index contributed by atoms with van der Waals surface area (Å²) in [5, 5.41) is 7.98. The Morgan fingerprint density at radius 3 is 1.58 bits per heavy atom. The first-order chi connectivity index (χ1) is 18.3. The molecule has 2 aromatic carbocycles. The van der Waals surface area contributed by atoms with Gasteiger partial charge in [-0.15, -0.1) is 22.7 Å². The van der Waals surface area contributed by atoms with Gasteiger partial charge >= 0.3 is 0 Å². The lowest BCUT2D eigenvalue weighted by atomic mass is 9.86. The van der Waals surface area contributed by atoms with Crippen molar-refractivity contribution in [1.29, 1.82) is 0 Å². The third kappa shape index (κ3) is 4.14. The third-order valence-corrected chi connectivity index (χ3v) is 9.84. The molecule has 0 spiro atoms. The maximum atomic E-state index is 11.8. The van der Waals surface area contributed by atoms with Crippen molar-refractivity contribution in [2.45, 2.75) is 38.8 Å². The van der Waals surface area contributed by atoms with Crippen LogP contribution in [-0.2, 0) is 12.8 Å². The molecule has 6 rings (SSSR count). The van der Waals surface area contributed by atoms with Gasteiger partial charge in [0.15, 0.2) is 10.0 Å². The molecule has 2 amide bonds. The molecule has 0 bridgehead atoms. The van der Waals surface area contributed by atoms with Crippen LogP contribution in [0.4, 0.5) is 0 Å². The highest BCUT2D eigenvalue weighted by Crippen LogP contribution is 2.41. The second kappa shape index (κ2) is 9.70. The molecule has 0 fully saturated rings. The number of aromatic nitrogens is 2. The van der Waals surface area contributed by atoms with Crippen molar-refractivity contribution in [3.05, 3.63) is 89.8 Å². The zero-order chi connectivity index (χ0) is 26.6. The van der Waals surface area contributed by atoms with E-state index in [1.807, 2.05) is 0 Å². The predicted molar refractivity (Wildman–Crippen MR) is 150 cm³/mol. The molecule has 0 saturated heterocycles. The van der Waals surface area contributed by atoms with E-state index < -0.39 is 11.8 Å². The Hall–Kier alpha value is -3.44. The van der Waals surface area contributed by atoms with Crippen LogP contribution in [0.25, 0.3) is 11.1 Å². The zero-order valence-electron chi connectivity index (χ0n) is 21.1. The van der Waals surface area contributed by atoms with E-state index in [0.717, 1.165) is 58.2 Å². The normalized spacial score (nSPS) is 18.6. The number of hydrogen-bond acceptors (Lipinski definition) is 8. The number of carbonyl (C=O) groups is 2. The topological polar surface area (TPSA) is 136 Å². The Morgan fingerprint density at radius 1 is 0.763 bits per heavy atom. The summed E-state index contributed by atoms with van der Waals surface area (Å²) in [6.07, 6.45) is 1.56. The first-order valence-corrected chi connectivity index (χ1v) is 14.2. The molecular formula is C28H28N6O2S2. The van der Waals surface area contributed by atoms with E-state index in [0.29, 0.717) is 10.0 Å². The summed E-state index contributed by atoms with van der Waals surface area (Å²) < 4.78 is 0. The number of rotatable bonds is 5. The van der Waals surface area contributed by atoms with E-state index in [2.05, 4.69) is 70.8 Å². The van der Waals surface area contributed by atoms with Crippen molar-refractivity contribution >= 4 is 34.5 Å². The van der Waals surface area contributed by atoms with Crippen LogP contribution in [0.1, 0.15) is 75.1 Å². The average molecular weight is 545 g/mol. The molecule has 2 unspecified atom stereocenters. The largest absolute Gasteiger partial charge is 0.364 e. The highest BCUT2D eigenvalue weighted by molar-refractivity contribution is 7.14. The quantitative estimate of drug-likeness (QED) is 0.303. The van der Waals surface area contributed by atoms with Crippen molar-refractivity contribution in [3.63, 3.8) is 0 Å². The molecule has 194 valence electrons. The summed E-state index contributed by atoms with van der Waals surface area (Å²) >= 11 is 2.77. The molecule has 38 heavy (non-hydrogen) atoms. The second-order valence-electron chi connectivity index (χ2n) is 9.70. The summed E-state index contributed by atoms with van der Waals surface area (Å²) in [6, 6.07) is 12.7. The van der Waals surface area contributed by atoms with Gasteiger partial charge < -0.3 is 22.1 Å². The molecule has 0 radical (unpaired) electrons. The van der Waals surface area contributed by atoms with Crippen LogP contribution in [0.2, 0.25) is 0 Å². The van der Waals surface area contributed by atoms with Gasteiger partial charge in [-0.25, -0.2) is 9.97 Å². The molecule has 2 aliphatic rings. The van der Waals surface area contributed by atoms with Crippen molar-refractivity contribution in [2.24, 2.45) is 11.5 Å².